The van der Waals surface area contributed by atoms with Gasteiger partial charge in [0.25, 0.3) is 0 Å². The van der Waals surface area contributed by atoms with Crippen LogP contribution in [0.3, 0.4) is 0 Å². The van der Waals surface area contributed by atoms with Gasteiger partial charge in [0.05, 0.1) is 31.9 Å². The van der Waals surface area contributed by atoms with Gasteiger partial charge in [-0.15, -0.1) is 10.2 Å². The van der Waals surface area contributed by atoms with Crippen LogP contribution in [0.25, 0.3) is 11.3 Å². The van der Waals surface area contributed by atoms with Crippen molar-refractivity contribution in [3.05, 3.63) is 53.6 Å². The van der Waals surface area contributed by atoms with Gasteiger partial charge < -0.3 is 19.1 Å². The van der Waals surface area contributed by atoms with Crippen LogP contribution in [0.4, 0.5) is 5.82 Å². The van der Waals surface area contributed by atoms with Crippen molar-refractivity contribution in [1.29, 1.82) is 0 Å². The number of rotatable bonds is 7. The fourth-order valence-electron chi connectivity index (χ4n) is 4.06. The van der Waals surface area contributed by atoms with E-state index in [9.17, 15) is 8.42 Å². The monoisotopic (exact) mass is 498 g/mol. The minimum absolute atomic E-state index is 0.337. The number of aryl methyl sites for hydroxylation is 2. The van der Waals surface area contributed by atoms with Crippen molar-refractivity contribution in [2.24, 2.45) is 0 Å². The van der Waals surface area contributed by atoms with E-state index in [0.717, 1.165) is 16.7 Å². The molecule has 4 rings (SSSR count). The minimum Gasteiger partial charge on any atom is -0.493 e. The summed E-state index contributed by atoms with van der Waals surface area (Å²) in [6, 6.07) is 12.7. The molecule has 0 aliphatic carbocycles. The Morgan fingerprint density at radius 2 is 1.43 bits per heavy atom. The molecular formula is C25H30N4O5S. The molecule has 0 bridgehead atoms. The van der Waals surface area contributed by atoms with E-state index in [2.05, 4.69) is 10.2 Å². The Hall–Kier alpha value is -3.37. The molecule has 186 valence electrons. The summed E-state index contributed by atoms with van der Waals surface area (Å²) in [5.41, 5.74) is 3.47. The topological polar surface area (TPSA) is 94.1 Å². The van der Waals surface area contributed by atoms with Crippen molar-refractivity contribution < 1.29 is 22.6 Å². The van der Waals surface area contributed by atoms with E-state index in [1.807, 2.05) is 49.1 Å². The summed E-state index contributed by atoms with van der Waals surface area (Å²) in [7, 11) is 1.16. The van der Waals surface area contributed by atoms with Crippen molar-refractivity contribution >= 4 is 15.8 Å². The Labute approximate surface area is 206 Å². The van der Waals surface area contributed by atoms with Crippen LogP contribution in [0, 0.1) is 13.8 Å². The largest absolute Gasteiger partial charge is 0.493 e. The molecule has 0 amide bonds. The maximum Gasteiger partial charge on any atom is 0.243 e. The van der Waals surface area contributed by atoms with Gasteiger partial charge in [-0.3, -0.25) is 0 Å². The minimum atomic E-state index is -3.53. The van der Waals surface area contributed by atoms with Crippen molar-refractivity contribution in [2.75, 3.05) is 52.4 Å². The Morgan fingerprint density at radius 1 is 0.771 bits per heavy atom. The molecule has 35 heavy (non-hydrogen) atoms. The summed E-state index contributed by atoms with van der Waals surface area (Å²) >= 11 is 0. The van der Waals surface area contributed by atoms with E-state index in [0.29, 0.717) is 59.8 Å². The maximum atomic E-state index is 13.1. The molecule has 1 fully saturated rings. The van der Waals surface area contributed by atoms with Gasteiger partial charge in [-0.25, -0.2) is 8.42 Å². The molecule has 1 aliphatic rings. The molecule has 0 N–H and O–H groups in total. The lowest BCUT2D eigenvalue weighted by Gasteiger charge is -2.34. The highest BCUT2D eigenvalue weighted by molar-refractivity contribution is 7.89. The number of nitrogens with zero attached hydrogens (tertiary/aromatic N) is 4. The lowest BCUT2D eigenvalue weighted by Crippen LogP contribution is -2.49. The quantitative estimate of drug-likeness (QED) is 0.490. The Morgan fingerprint density at radius 3 is 1.94 bits per heavy atom. The normalized spacial score (nSPS) is 14.6. The van der Waals surface area contributed by atoms with Gasteiger partial charge in [0.15, 0.2) is 17.3 Å². The second kappa shape index (κ2) is 10.1. The molecule has 2 heterocycles. The summed E-state index contributed by atoms with van der Waals surface area (Å²) in [4.78, 5) is 2.38. The molecule has 2 aromatic carbocycles. The second-order valence-corrected chi connectivity index (χ2v) is 10.3. The third kappa shape index (κ3) is 4.89. The van der Waals surface area contributed by atoms with Crippen LogP contribution in [0.5, 0.6) is 17.2 Å². The number of hydrogen-bond donors (Lipinski definition) is 0. The molecular weight excluding hydrogens is 468 g/mol. The zero-order chi connectivity index (χ0) is 25.2. The van der Waals surface area contributed by atoms with Gasteiger partial charge in [0, 0.05) is 31.7 Å². The van der Waals surface area contributed by atoms with Gasteiger partial charge >= 0.3 is 0 Å². The highest BCUT2D eigenvalue weighted by Crippen LogP contribution is 2.40. The summed E-state index contributed by atoms with van der Waals surface area (Å²) in [5.74, 6) is 2.28. The fourth-order valence-corrected chi connectivity index (χ4v) is 5.57. The molecule has 0 atom stereocenters. The van der Waals surface area contributed by atoms with Crippen LogP contribution in [0.2, 0.25) is 0 Å². The van der Waals surface area contributed by atoms with E-state index in [4.69, 9.17) is 14.2 Å². The molecule has 10 heteroatoms. The average Bonchev–Trinajstić information content (AvgIpc) is 2.89. The predicted octanol–water partition coefficient (Wildman–Crippen LogP) is 3.30. The van der Waals surface area contributed by atoms with Gasteiger partial charge in [0.1, 0.15) is 0 Å². The standard InChI is InChI=1S/C25H30N4O5S/c1-17-6-7-20(14-18(17)2)35(30,31)29-12-10-28(11-13-29)24-9-8-21(26-27-24)19-15-22(32-3)25(34-5)23(16-19)33-4/h6-9,14-16H,10-13H2,1-5H3. The summed E-state index contributed by atoms with van der Waals surface area (Å²) in [6.45, 7) is 5.72. The zero-order valence-corrected chi connectivity index (χ0v) is 21.4. The van der Waals surface area contributed by atoms with Crippen LogP contribution in [0.1, 0.15) is 11.1 Å². The molecule has 0 spiro atoms. The number of sulfonamides is 1. The van der Waals surface area contributed by atoms with Crippen LogP contribution in [-0.2, 0) is 10.0 Å². The first-order valence-corrected chi connectivity index (χ1v) is 12.7. The van der Waals surface area contributed by atoms with Crippen LogP contribution < -0.4 is 19.1 Å². The van der Waals surface area contributed by atoms with Gasteiger partial charge in [-0.1, -0.05) is 6.07 Å². The number of aromatic nitrogens is 2. The number of piperazine rings is 1. The molecule has 1 aromatic heterocycles. The highest BCUT2D eigenvalue weighted by atomic mass is 32.2. The first-order valence-electron chi connectivity index (χ1n) is 11.2. The van der Waals surface area contributed by atoms with Crippen LogP contribution >= 0.6 is 0 Å². The number of benzene rings is 2. The number of anilines is 1. The van der Waals surface area contributed by atoms with Gasteiger partial charge in [-0.2, -0.15) is 4.31 Å². The Balaban J connectivity index is 1.48. The third-order valence-corrected chi connectivity index (χ3v) is 8.18. The lowest BCUT2D eigenvalue weighted by molar-refractivity contribution is 0.324. The molecule has 0 radical (unpaired) electrons. The van der Waals surface area contributed by atoms with Gasteiger partial charge in [-0.05, 0) is 61.4 Å². The van der Waals surface area contributed by atoms with E-state index < -0.39 is 10.0 Å². The fraction of sp³-hybridized carbons (Fsp3) is 0.360. The summed E-state index contributed by atoms with van der Waals surface area (Å²) < 4.78 is 44.0. The average molecular weight is 499 g/mol. The smallest absolute Gasteiger partial charge is 0.243 e. The van der Waals surface area contributed by atoms with E-state index in [1.165, 1.54) is 4.31 Å². The molecule has 1 saturated heterocycles. The molecule has 1 aliphatic heterocycles. The van der Waals surface area contributed by atoms with E-state index in [1.54, 1.807) is 33.5 Å². The predicted molar refractivity (Wildman–Crippen MR) is 134 cm³/mol. The summed E-state index contributed by atoms with van der Waals surface area (Å²) in [5, 5.41) is 8.78. The Bertz CT molecular complexity index is 1280. The number of methoxy groups -OCH3 is 3. The van der Waals surface area contributed by atoms with Crippen LogP contribution in [0.15, 0.2) is 47.4 Å². The van der Waals surface area contributed by atoms with E-state index >= 15 is 0 Å². The highest BCUT2D eigenvalue weighted by Gasteiger charge is 2.29. The number of ether oxygens (including phenoxy) is 3. The second-order valence-electron chi connectivity index (χ2n) is 8.33. The first kappa shape index (κ1) is 24.7. The van der Waals surface area contributed by atoms with E-state index in [-0.39, 0.29) is 0 Å². The molecule has 0 unspecified atom stereocenters. The molecule has 3 aromatic rings. The number of hydrogen-bond acceptors (Lipinski definition) is 8. The van der Waals surface area contributed by atoms with Crippen molar-refractivity contribution in [3.8, 4) is 28.5 Å². The SMILES string of the molecule is COc1cc(-c2ccc(N3CCN(S(=O)(=O)c4ccc(C)c(C)c4)CC3)nn2)cc(OC)c1OC. The van der Waals surface area contributed by atoms with Crippen molar-refractivity contribution in [3.63, 3.8) is 0 Å². The first-order chi connectivity index (χ1) is 16.8. The van der Waals surface area contributed by atoms with Crippen LogP contribution in [-0.4, -0.2) is 70.4 Å². The maximum absolute atomic E-state index is 13.1. The third-order valence-electron chi connectivity index (χ3n) is 6.29. The van der Waals surface area contributed by atoms with Crippen molar-refractivity contribution in [1.82, 2.24) is 14.5 Å². The zero-order valence-electron chi connectivity index (χ0n) is 20.6. The van der Waals surface area contributed by atoms with Crippen molar-refractivity contribution in [2.45, 2.75) is 18.7 Å². The van der Waals surface area contributed by atoms with Gasteiger partial charge in [0.2, 0.25) is 15.8 Å². The molecule has 9 nitrogen and oxygen atoms in total. The lowest BCUT2D eigenvalue weighted by atomic mass is 10.1. The molecule has 0 saturated carbocycles. The Kier molecular flexibility index (Phi) is 7.13. The summed E-state index contributed by atoms with van der Waals surface area (Å²) in [6.07, 6.45) is 0.